The second-order valence-electron chi connectivity index (χ2n) is 6.38. The molecule has 0 saturated carbocycles. The van der Waals surface area contributed by atoms with Crippen molar-refractivity contribution in [1.29, 1.82) is 0 Å². The third-order valence-corrected chi connectivity index (χ3v) is 3.30. The number of carbonyl (C=O) groups excluding carboxylic acids is 1. The first kappa shape index (κ1) is 22.4. The minimum atomic E-state index is -5.02. The molecule has 0 aliphatic heterocycles. The highest BCUT2D eigenvalue weighted by molar-refractivity contribution is 7.46. The van der Waals surface area contributed by atoms with Crippen LogP contribution in [0.5, 0.6) is 5.75 Å². The smallest absolute Gasteiger partial charge is 0.480 e. The molecule has 0 unspecified atom stereocenters. The maximum absolute atomic E-state index is 11.7. The zero-order chi connectivity index (χ0) is 21.0. The number of hydrogen-bond acceptors (Lipinski definition) is 7. The zero-order valence-electron chi connectivity index (χ0n) is 14.6. The van der Waals surface area contributed by atoms with Crippen LogP contribution < -0.4 is 9.84 Å². The van der Waals surface area contributed by atoms with E-state index in [1.54, 1.807) is 20.8 Å². The number of ether oxygens (including phenoxy) is 1. The van der Waals surface area contributed by atoms with Crippen molar-refractivity contribution in [2.75, 3.05) is 0 Å². The lowest BCUT2D eigenvalue weighted by Gasteiger charge is -2.22. The second-order valence-corrected chi connectivity index (χ2v) is 7.55. The number of benzene rings is 1. The fraction of sp³-hybridized carbons (Fsp3) is 0.429. The van der Waals surface area contributed by atoms with Crippen LogP contribution in [0.4, 0.5) is 10.5 Å². The highest BCUT2D eigenvalue weighted by atomic mass is 31.2. The molecule has 13 heteroatoms. The summed E-state index contributed by atoms with van der Waals surface area (Å²) in [5, 5.41) is 22.5. The van der Waals surface area contributed by atoms with E-state index in [9.17, 15) is 29.4 Å². The van der Waals surface area contributed by atoms with E-state index in [0.717, 1.165) is 12.1 Å². The largest absolute Gasteiger partial charge is 0.525 e. The summed E-state index contributed by atoms with van der Waals surface area (Å²) in [6, 6.07) is 1.56. The molecular formula is C14H19N2O10P. The number of carbonyl (C=O) groups is 2. The van der Waals surface area contributed by atoms with Gasteiger partial charge >= 0.3 is 25.6 Å². The van der Waals surface area contributed by atoms with E-state index in [4.69, 9.17) is 14.5 Å². The Balaban J connectivity index is 3.04. The first-order chi connectivity index (χ1) is 12.2. The molecule has 1 rings (SSSR count). The van der Waals surface area contributed by atoms with Gasteiger partial charge in [0.1, 0.15) is 11.6 Å². The number of rotatable bonds is 7. The van der Waals surface area contributed by atoms with Gasteiger partial charge in [-0.05, 0) is 32.4 Å². The summed E-state index contributed by atoms with van der Waals surface area (Å²) < 4.78 is 20.1. The normalized spacial score (nSPS) is 12.8. The minimum Gasteiger partial charge on any atom is -0.480 e. The topological polar surface area (TPSA) is 186 Å². The van der Waals surface area contributed by atoms with Gasteiger partial charge in [-0.2, -0.15) is 0 Å². The molecule has 4 N–H and O–H groups in total. The fourth-order valence-corrected chi connectivity index (χ4v) is 2.33. The predicted octanol–water partition coefficient (Wildman–Crippen LogP) is 1.59. The number of phosphoric acid groups is 1. The molecule has 1 atom stereocenters. The van der Waals surface area contributed by atoms with Crippen LogP contribution >= 0.6 is 7.82 Å². The van der Waals surface area contributed by atoms with E-state index in [0.29, 0.717) is 0 Å². The maximum atomic E-state index is 11.7. The van der Waals surface area contributed by atoms with E-state index in [1.165, 1.54) is 6.07 Å². The van der Waals surface area contributed by atoms with Crippen molar-refractivity contribution in [1.82, 2.24) is 5.32 Å². The molecule has 1 aromatic rings. The number of nitro benzene ring substituents is 1. The molecule has 1 amide bonds. The Kier molecular flexibility index (Phi) is 6.90. The molecular weight excluding hydrogens is 387 g/mol. The molecule has 27 heavy (non-hydrogen) atoms. The van der Waals surface area contributed by atoms with Gasteiger partial charge in [-0.25, -0.2) is 14.2 Å². The van der Waals surface area contributed by atoms with E-state index < -0.39 is 47.9 Å². The van der Waals surface area contributed by atoms with E-state index >= 15 is 0 Å². The van der Waals surface area contributed by atoms with Crippen molar-refractivity contribution >= 4 is 25.6 Å². The Morgan fingerprint density at radius 2 is 1.93 bits per heavy atom. The Labute approximate surface area is 153 Å². The molecule has 0 heterocycles. The summed E-state index contributed by atoms with van der Waals surface area (Å²) in [7, 11) is -5.02. The number of hydrogen-bond donors (Lipinski definition) is 4. The van der Waals surface area contributed by atoms with E-state index in [-0.39, 0.29) is 12.0 Å². The number of carboxylic acids is 1. The van der Waals surface area contributed by atoms with Gasteiger partial charge < -0.3 is 19.7 Å². The predicted molar refractivity (Wildman–Crippen MR) is 90.3 cm³/mol. The monoisotopic (exact) mass is 406 g/mol. The van der Waals surface area contributed by atoms with Crippen molar-refractivity contribution in [2.24, 2.45) is 0 Å². The van der Waals surface area contributed by atoms with Gasteiger partial charge in [0, 0.05) is 12.5 Å². The number of nitrogens with one attached hydrogen (secondary N) is 1. The lowest BCUT2D eigenvalue weighted by atomic mass is 10.1. The van der Waals surface area contributed by atoms with Crippen LogP contribution in [0.3, 0.4) is 0 Å². The van der Waals surface area contributed by atoms with Gasteiger partial charge in [0.15, 0.2) is 0 Å². The first-order valence-electron chi connectivity index (χ1n) is 7.43. The van der Waals surface area contributed by atoms with Gasteiger partial charge in [-0.3, -0.25) is 19.9 Å². The molecule has 12 nitrogen and oxygen atoms in total. The average Bonchev–Trinajstić information content (AvgIpc) is 2.44. The Hall–Kier alpha value is -2.69. The molecule has 0 aromatic heterocycles. The molecule has 0 radical (unpaired) electrons. The number of nitrogens with zero attached hydrogens (tertiary/aromatic N) is 1. The quantitative estimate of drug-likeness (QED) is 0.294. The van der Waals surface area contributed by atoms with Crippen LogP contribution in [0.25, 0.3) is 0 Å². The Morgan fingerprint density at radius 3 is 2.37 bits per heavy atom. The van der Waals surface area contributed by atoms with Crippen LogP contribution in [0.1, 0.15) is 26.3 Å². The minimum absolute atomic E-state index is 0.114. The van der Waals surface area contributed by atoms with Crippen molar-refractivity contribution in [3.63, 3.8) is 0 Å². The zero-order valence-corrected chi connectivity index (χ0v) is 15.5. The lowest BCUT2D eigenvalue weighted by Crippen LogP contribution is -2.44. The number of aliphatic carboxylic acids is 1. The molecule has 0 fully saturated rings. The second kappa shape index (κ2) is 8.33. The van der Waals surface area contributed by atoms with Gasteiger partial charge in [0.2, 0.25) is 5.75 Å². The highest BCUT2D eigenvalue weighted by Crippen LogP contribution is 2.42. The first-order valence-corrected chi connectivity index (χ1v) is 8.96. The summed E-state index contributed by atoms with van der Waals surface area (Å²) in [5.74, 6) is -2.08. The average molecular weight is 406 g/mol. The van der Waals surface area contributed by atoms with Crippen LogP contribution in [0, 0.1) is 10.1 Å². The van der Waals surface area contributed by atoms with Gasteiger partial charge in [0.05, 0.1) is 4.92 Å². The van der Waals surface area contributed by atoms with Crippen molar-refractivity contribution in [2.45, 2.75) is 38.8 Å². The Bertz CT molecular complexity index is 783. The van der Waals surface area contributed by atoms with Crippen molar-refractivity contribution in [3.05, 3.63) is 33.9 Å². The number of alkyl carbamates (subject to hydrolysis) is 1. The summed E-state index contributed by atoms with van der Waals surface area (Å²) in [5.41, 5.74) is -1.51. The number of amides is 1. The van der Waals surface area contributed by atoms with Crippen LogP contribution in [-0.4, -0.2) is 43.5 Å². The van der Waals surface area contributed by atoms with Gasteiger partial charge in [-0.15, -0.1) is 0 Å². The number of phosphoric ester groups is 1. The van der Waals surface area contributed by atoms with E-state index in [2.05, 4.69) is 9.84 Å². The number of carboxylic acid groups (broad SMARTS) is 1. The van der Waals surface area contributed by atoms with Crippen molar-refractivity contribution in [3.8, 4) is 5.75 Å². The van der Waals surface area contributed by atoms with E-state index in [1.807, 2.05) is 0 Å². The fourth-order valence-electron chi connectivity index (χ4n) is 1.92. The van der Waals surface area contributed by atoms with Gasteiger partial charge in [0.25, 0.3) is 0 Å². The third-order valence-electron chi connectivity index (χ3n) is 2.87. The van der Waals surface area contributed by atoms with Crippen LogP contribution in [0.15, 0.2) is 18.2 Å². The summed E-state index contributed by atoms with van der Waals surface area (Å²) in [4.78, 5) is 50.8. The summed E-state index contributed by atoms with van der Waals surface area (Å²) in [6.45, 7) is 4.77. The number of nitro groups is 1. The third kappa shape index (κ3) is 8.03. The molecule has 150 valence electrons. The molecule has 0 bridgehead atoms. The van der Waals surface area contributed by atoms with Crippen molar-refractivity contribution < 1.29 is 43.2 Å². The summed E-state index contributed by atoms with van der Waals surface area (Å²) >= 11 is 0. The van der Waals surface area contributed by atoms with Gasteiger partial charge in [-0.1, -0.05) is 6.07 Å². The molecule has 0 saturated heterocycles. The summed E-state index contributed by atoms with van der Waals surface area (Å²) in [6.07, 6.45) is -1.32. The standard InChI is InChI=1S/C14H19N2O10P/c1-14(2,3)25-13(19)15-9(12(17)18)6-8-4-5-11(26-27(22,23)24)10(7-8)16(20)21/h4-5,7,9H,6H2,1-3H3,(H,15,19)(H,17,18)(H2,22,23,24)/t9-/m0/s1. The molecule has 0 spiro atoms. The van der Waals surface area contributed by atoms with Crippen LogP contribution in [0.2, 0.25) is 0 Å². The SMILES string of the molecule is CC(C)(C)OC(=O)N[C@@H](Cc1ccc(OP(=O)(O)O)c([N+](=O)[O-])c1)C(=O)O. The Morgan fingerprint density at radius 1 is 1.33 bits per heavy atom. The highest BCUT2D eigenvalue weighted by Gasteiger charge is 2.27. The van der Waals surface area contributed by atoms with Crippen LogP contribution in [-0.2, 0) is 20.5 Å². The molecule has 1 aromatic carbocycles. The molecule has 0 aliphatic rings. The maximum Gasteiger partial charge on any atom is 0.525 e. The lowest BCUT2D eigenvalue weighted by molar-refractivity contribution is -0.385. The molecule has 0 aliphatic carbocycles.